The lowest BCUT2D eigenvalue weighted by Gasteiger charge is -2.21. The van der Waals surface area contributed by atoms with Gasteiger partial charge in [-0.2, -0.15) is 5.10 Å². The van der Waals surface area contributed by atoms with E-state index in [9.17, 15) is 9.59 Å². The molecule has 0 N–H and O–H groups in total. The molecule has 2 aromatic heterocycles. The molecule has 0 fully saturated rings. The van der Waals surface area contributed by atoms with Gasteiger partial charge in [0, 0.05) is 42.7 Å². The summed E-state index contributed by atoms with van der Waals surface area (Å²) in [6.07, 6.45) is 0. The number of anilines is 1. The van der Waals surface area contributed by atoms with Crippen molar-refractivity contribution in [3.05, 3.63) is 70.6 Å². The molecule has 0 bridgehead atoms. The fraction of sp³-hybridized carbons (Fsp3) is 0.261. The molecule has 0 aliphatic heterocycles. The Morgan fingerprint density at radius 3 is 2.50 bits per heavy atom. The van der Waals surface area contributed by atoms with Crippen LogP contribution in [0.25, 0.3) is 21.8 Å². The highest BCUT2D eigenvalue weighted by molar-refractivity contribution is 6.20. The van der Waals surface area contributed by atoms with Crippen molar-refractivity contribution in [3.63, 3.8) is 0 Å². The number of rotatable bonds is 6. The first-order chi connectivity index (χ1) is 14.6. The SMILES string of the molecule is CCN(C(=O)c1nn(CCOC)c(=O)c2c1c1ccccc1n2C)c1ccccc1. The molecule has 7 nitrogen and oxygen atoms in total. The first-order valence-electron chi connectivity index (χ1n) is 9.92. The van der Waals surface area contributed by atoms with Gasteiger partial charge in [0.1, 0.15) is 5.52 Å². The molecule has 0 radical (unpaired) electrons. The fourth-order valence-corrected chi connectivity index (χ4v) is 3.88. The molecule has 0 aliphatic rings. The fourth-order valence-electron chi connectivity index (χ4n) is 3.88. The van der Waals surface area contributed by atoms with E-state index in [1.807, 2.05) is 73.1 Å². The topological polar surface area (TPSA) is 69.4 Å². The molecule has 0 saturated heterocycles. The zero-order valence-electron chi connectivity index (χ0n) is 17.3. The maximum absolute atomic E-state index is 13.7. The number of methoxy groups -OCH3 is 1. The summed E-state index contributed by atoms with van der Waals surface area (Å²) in [5.41, 5.74) is 2.17. The Kier molecular flexibility index (Phi) is 5.37. The number of nitrogens with zero attached hydrogens (tertiary/aromatic N) is 4. The number of benzene rings is 2. The summed E-state index contributed by atoms with van der Waals surface area (Å²) in [6, 6.07) is 17.2. The normalized spacial score (nSPS) is 11.3. The van der Waals surface area contributed by atoms with Gasteiger partial charge in [-0.1, -0.05) is 36.4 Å². The Labute approximate surface area is 174 Å². The number of carbonyl (C=O) groups is 1. The first kappa shape index (κ1) is 19.8. The van der Waals surface area contributed by atoms with Crippen molar-refractivity contribution in [1.29, 1.82) is 0 Å². The highest BCUT2D eigenvalue weighted by atomic mass is 16.5. The van der Waals surface area contributed by atoms with Gasteiger partial charge in [-0.3, -0.25) is 9.59 Å². The van der Waals surface area contributed by atoms with Crippen LogP contribution < -0.4 is 10.5 Å². The van der Waals surface area contributed by atoms with Crippen LogP contribution in [0.2, 0.25) is 0 Å². The van der Waals surface area contributed by atoms with Crippen molar-refractivity contribution < 1.29 is 9.53 Å². The lowest BCUT2D eigenvalue weighted by Crippen LogP contribution is -2.35. The Hall–Kier alpha value is -3.45. The average Bonchev–Trinajstić information content (AvgIpc) is 3.08. The van der Waals surface area contributed by atoms with Crippen molar-refractivity contribution >= 4 is 33.4 Å². The van der Waals surface area contributed by atoms with E-state index >= 15 is 0 Å². The van der Waals surface area contributed by atoms with Crippen LogP contribution in [0.15, 0.2) is 59.4 Å². The van der Waals surface area contributed by atoms with Crippen molar-refractivity contribution in [2.45, 2.75) is 13.5 Å². The molecule has 4 aromatic rings. The Morgan fingerprint density at radius 2 is 1.80 bits per heavy atom. The molecule has 0 unspecified atom stereocenters. The van der Waals surface area contributed by atoms with E-state index in [1.54, 1.807) is 12.0 Å². The van der Waals surface area contributed by atoms with Crippen LogP contribution in [0, 0.1) is 0 Å². The number of carbonyl (C=O) groups excluding carboxylic acids is 1. The molecule has 0 spiro atoms. The van der Waals surface area contributed by atoms with E-state index < -0.39 is 0 Å². The quantitative estimate of drug-likeness (QED) is 0.495. The Bertz CT molecular complexity index is 1270. The zero-order valence-corrected chi connectivity index (χ0v) is 17.3. The summed E-state index contributed by atoms with van der Waals surface area (Å²) in [4.78, 5) is 28.6. The summed E-state index contributed by atoms with van der Waals surface area (Å²) >= 11 is 0. The van der Waals surface area contributed by atoms with Gasteiger partial charge in [-0.05, 0) is 25.1 Å². The monoisotopic (exact) mass is 404 g/mol. The molecule has 4 rings (SSSR count). The van der Waals surface area contributed by atoms with E-state index in [4.69, 9.17) is 4.74 Å². The van der Waals surface area contributed by atoms with Crippen LogP contribution in [0.4, 0.5) is 5.69 Å². The van der Waals surface area contributed by atoms with E-state index in [2.05, 4.69) is 5.10 Å². The number of hydrogen-bond donors (Lipinski definition) is 0. The molecule has 154 valence electrons. The average molecular weight is 404 g/mol. The van der Waals surface area contributed by atoms with Crippen molar-refractivity contribution in [1.82, 2.24) is 14.3 Å². The van der Waals surface area contributed by atoms with E-state index in [-0.39, 0.29) is 23.7 Å². The highest BCUT2D eigenvalue weighted by Crippen LogP contribution is 2.29. The first-order valence-corrected chi connectivity index (χ1v) is 9.92. The van der Waals surface area contributed by atoms with E-state index in [0.29, 0.717) is 24.1 Å². The number of hydrogen-bond acceptors (Lipinski definition) is 4. The lowest BCUT2D eigenvalue weighted by molar-refractivity contribution is 0.0982. The largest absolute Gasteiger partial charge is 0.383 e. The zero-order chi connectivity index (χ0) is 21.3. The molecular weight excluding hydrogens is 380 g/mol. The number of aryl methyl sites for hydroxylation is 1. The van der Waals surface area contributed by atoms with Crippen LogP contribution in [0.1, 0.15) is 17.4 Å². The molecule has 0 saturated carbocycles. The second kappa shape index (κ2) is 8.12. The lowest BCUT2D eigenvalue weighted by atomic mass is 10.1. The molecule has 30 heavy (non-hydrogen) atoms. The molecular formula is C23H24N4O3. The van der Waals surface area contributed by atoms with Gasteiger partial charge in [0.15, 0.2) is 5.69 Å². The smallest absolute Gasteiger partial charge is 0.291 e. The van der Waals surface area contributed by atoms with Crippen LogP contribution in [0.3, 0.4) is 0 Å². The number of ether oxygens (including phenoxy) is 1. The van der Waals surface area contributed by atoms with Crippen molar-refractivity contribution in [2.24, 2.45) is 7.05 Å². The van der Waals surface area contributed by atoms with Crippen LogP contribution in [0.5, 0.6) is 0 Å². The minimum Gasteiger partial charge on any atom is -0.383 e. The Balaban J connectivity index is 2.02. The van der Waals surface area contributed by atoms with Crippen LogP contribution >= 0.6 is 0 Å². The predicted octanol–water partition coefficient (Wildman–Crippen LogP) is 3.20. The molecule has 7 heteroatoms. The van der Waals surface area contributed by atoms with E-state index in [1.165, 1.54) is 4.68 Å². The van der Waals surface area contributed by atoms with Crippen LogP contribution in [-0.4, -0.2) is 40.5 Å². The van der Waals surface area contributed by atoms with Gasteiger partial charge in [0.25, 0.3) is 11.5 Å². The third kappa shape index (κ3) is 3.17. The number of fused-ring (bicyclic) bond motifs is 3. The minimum absolute atomic E-state index is 0.236. The van der Waals surface area contributed by atoms with E-state index in [0.717, 1.165) is 16.6 Å². The molecule has 2 heterocycles. The maximum Gasteiger partial charge on any atom is 0.291 e. The van der Waals surface area contributed by atoms with Gasteiger partial charge in [-0.15, -0.1) is 0 Å². The number of para-hydroxylation sites is 2. The summed E-state index contributed by atoms with van der Waals surface area (Å²) in [5, 5.41) is 5.94. The van der Waals surface area contributed by atoms with Gasteiger partial charge >= 0.3 is 0 Å². The van der Waals surface area contributed by atoms with Crippen molar-refractivity contribution in [3.8, 4) is 0 Å². The summed E-state index contributed by atoms with van der Waals surface area (Å²) in [5.74, 6) is -0.240. The molecule has 1 amide bonds. The number of aromatic nitrogens is 3. The molecule has 2 aromatic carbocycles. The minimum atomic E-state index is -0.240. The number of amides is 1. The third-order valence-electron chi connectivity index (χ3n) is 5.34. The predicted molar refractivity (Wildman–Crippen MR) is 118 cm³/mol. The van der Waals surface area contributed by atoms with Gasteiger partial charge in [-0.25, -0.2) is 4.68 Å². The van der Waals surface area contributed by atoms with Gasteiger partial charge < -0.3 is 14.2 Å². The molecule has 0 atom stereocenters. The van der Waals surface area contributed by atoms with Gasteiger partial charge in [0.2, 0.25) is 0 Å². The summed E-state index contributed by atoms with van der Waals surface area (Å²) in [7, 11) is 3.41. The van der Waals surface area contributed by atoms with Gasteiger partial charge in [0.05, 0.1) is 13.2 Å². The second-order valence-electron chi connectivity index (χ2n) is 7.05. The summed E-state index contributed by atoms with van der Waals surface area (Å²) < 4.78 is 8.31. The van der Waals surface area contributed by atoms with Crippen LogP contribution in [-0.2, 0) is 18.3 Å². The van der Waals surface area contributed by atoms with Crippen molar-refractivity contribution in [2.75, 3.05) is 25.2 Å². The standard InChI is InChI=1S/C23H24N4O3/c1-4-26(16-10-6-5-7-11-16)22(28)20-19-17-12-8-9-13-18(17)25(2)21(19)23(29)27(24-20)14-15-30-3/h5-13H,4,14-15H2,1-3H3. The maximum atomic E-state index is 13.7. The summed E-state index contributed by atoms with van der Waals surface area (Å²) in [6.45, 7) is 3.00. The third-order valence-corrected chi connectivity index (χ3v) is 5.34. The Morgan fingerprint density at radius 1 is 1.10 bits per heavy atom. The highest BCUT2D eigenvalue weighted by Gasteiger charge is 2.26. The molecule has 0 aliphatic carbocycles. The second-order valence-corrected chi connectivity index (χ2v) is 7.05.